The fraction of sp³-hybridized carbons (Fsp3) is 0.625. The Labute approximate surface area is 122 Å². The van der Waals surface area contributed by atoms with Crippen molar-refractivity contribution in [1.29, 1.82) is 0 Å². The van der Waals surface area contributed by atoms with Gasteiger partial charge in [0.15, 0.2) is 0 Å². The molecule has 1 rings (SSSR count). The van der Waals surface area contributed by atoms with E-state index in [1.54, 1.807) is 0 Å². The van der Waals surface area contributed by atoms with Crippen LogP contribution < -0.4 is 5.32 Å². The van der Waals surface area contributed by atoms with Gasteiger partial charge < -0.3 is 10.4 Å². The highest BCUT2D eigenvalue weighted by molar-refractivity contribution is 7.99. The van der Waals surface area contributed by atoms with E-state index < -0.39 is 0 Å². The maximum atomic E-state index is 9.10. The van der Waals surface area contributed by atoms with Gasteiger partial charge in [-0.05, 0) is 36.9 Å². The Morgan fingerprint density at radius 2 is 2.00 bits per heavy atom. The van der Waals surface area contributed by atoms with Crippen molar-refractivity contribution in [3.63, 3.8) is 0 Å². The summed E-state index contributed by atoms with van der Waals surface area (Å²) >= 11 is 1.85. The third-order valence-electron chi connectivity index (χ3n) is 2.92. The second-order valence-corrected chi connectivity index (χ2v) is 6.80. The van der Waals surface area contributed by atoms with Gasteiger partial charge in [-0.15, -0.1) is 11.8 Å². The number of nitrogens with one attached hydrogen (secondary N) is 1. The number of aliphatic hydroxyl groups is 1. The van der Waals surface area contributed by atoms with Crippen LogP contribution in [0.3, 0.4) is 0 Å². The van der Waals surface area contributed by atoms with Crippen molar-refractivity contribution in [2.75, 3.05) is 18.9 Å². The van der Waals surface area contributed by atoms with Crippen molar-refractivity contribution in [3.8, 4) is 0 Å². The molecule has 0 bridgehead atoms. The SMILES string of the molecule is Cc1ccc(SCC(C)CO)c(CNCC(C)C)c1. The zero-order chi connectivity index (χ0) is 14.3. The maximum Gasteiger partial charge on any atom is 0.0464 e. The predicted octanol–water partition coefficient (Wildman–Crippen LogP) is 3.46. The number of benzene rings is 1. The monoisotopic (exact) mass is 281 g/mol. The Morgan fingerprint density at radius 3 is 2.63 bits per heavy atom. The van der Waals surface area contributed by atoms with E-state index in [-0.39, 0.29) is 6.61 Å². The molecule has 1 aromatic rings. The van der Waals surface area contributed by atoms with E-state index in [0.29, 0.717) is 11.8 Å². The Bertz CT molecular complexity index is 379. The summed E-state index contributed by atoms with van der Waals surface area (Å²) in [5.41, 5.74) is 2.68. The molecule has 2 nitrogen and oxygen atoms in total. The van der Waals surface area contributed by atoms with Gasteiger partial charge in [0, 0.05) is 23.8 Å². The van der Waals surface area contributed by atoms with E-state index in [0.717, 1.165) is 18.8 Å². The number of aliphatic hydroxyl groups excluding tert-OH is 1. The summed E-state index contributed by atoms with van der Waals surface area (Å²) in [6, 6.07) is 6.63. The van der Waals surface area contributed by atoms with Crippen LogP contribution in [0.25, 0.3) is 0 Å². The fourth-order valence-corrected chi connectivity index (χ4v) is 2.82. The van der Waals surface area contributed by atoms with E-state index in [4.69, 9.17) is 5.11 Å². The molecule has 2 N–H and O–H groups in total. The highest BCUT2D eigenvalue weighted by Crippen LogP contribution is 2.25. The summed E-state index contributed by atoms with van der Waals surface area (Å²) < 4.78 is 0. The molecule has 108 valence electrons. The van der Waals surface area contributed by atoms with Crippen LogP contribution in [-0.2, 0) is 6.54 Å². The van der Waals surface area contributed by atoms with Crippen molar-refractivity contribution in [1.82, 2.24) is 5.32 Å². The topological polar surface area (TPSA) is 32.3 Å². The summed E-state index contributed by atoms with van der Waals surface area (Å²) in [6.45, 7) is 10.9. The quantitative estimate of drug-likeness (QED) is 0.716. The Morgan fingerprint density at radius 1 is 1.26 bits per heavy atom. The Kier molecular flexibility index (Phi) is 7.51. The molecule has 0 amide bonds. The van der Waals surface area contributed by atoms with Crippen molar-refractivity contribution in [3.05, 3.63) is 29.3 Å². The molecule has 1 aromatic carbocycles. The van der Waals surface area contributed by atoms with Gasteiger partial charge in [0.05, 0.1) is 0 Å². The molecule has 0 saturated heterocycles. The molecule has 0 aliphatic carbocycles. The highest BCUT2D eigenvalue weighted by Gasteiger charge is 2.07. The highest BCUT2D eigenvalue weighted by atomic mass is 32.2. The van der Waals surface area contributed by atoms with Crippen molar-refractivity contribution >= 4 is 11.8 Å². The average Bonchev–Trinajstić information content (AvgIpc) is 2.37. The predicted molar refractivity (Wildman–Crippen MR) is 84.7 cm³/mol. The summed E-state index contributed by atoms with van der Waals surface area (Å²) in [5.74, 6) is 2.00. The molecular formula is C16H27NOS. The molecular weight excluding hydrogens is 254 g/mol. The molecule has 1 atom stereocenters. The van der Waals surface area contributed by atoms with Crippen LogP contribution in [0.4, 0.5) is 0 Å². The Balaban J connectivity index is 2.63. The Hall–Kier alpha value is -0.510. The van der Waals surface area contributed by atoms with Gasteiger partial charge in [-0.2, -0.15) is 0 Å². The largest absolute Gasteiger partial charge is 0.396 e. The van der Waals surface area contributed by atoms with Crippen LogP contribution in [0.5, 0.6) is 0 Å². The van der Waals surface area contributed by atoms with Gasteiger partial charge in [-0.25, -0.2) is 0 Å². The van der Waals surface area contributed by atoms with E-state index in [1.807, 2.05) is 11.8 Å². The van der Waals surface area contributed by atoms with E-state index in [1.165, 1.54) is 16.0 Å². The number of rotatable bonds is 8. The molecule has 19 heavy (non-hydrogen) atoms. The second-order valence-electron chi connectivity index (χ2n) is 5.73. The van der Waals surface area contributed by atoms with E-state index in [9.17, 15) is 0 Å². The van der Waals surface area contributed by atoms with Crippen LogP contribution in [0.2, 0.25) is 0 Å². The first kappa shape index (κ1) is 16.5. The van der Waals surface area contributed by atoms with Crippen LogP contribution in [0, 0.1) is 18.8 Å². The first-order valence-electron chi connectivity index (χ1n) is 7.06. The molecule has 0 radical (unpaired) electrons. The molecule has 1 unspecified atom stereocenters. The lowest BCUT2D eigenvalue weighted by molar-refractivity contribution is 0.250. The standard InChI is InChI=1S/C16H27NOS/c1-12(2)8-17-9-15-7-13(3)5-6-16(15)19-11-14(4)10-18/h5-7,12,14,17-18H,8-11H2,1-4H3. The summed E-state index contributed by atoms with van der Waals surface area (Å²) in [7, 11) is 0. The minimum absolute atomic E-state index is 0.264. The zero-order valence-corrected chi connectivity index (χ0v) is 13.4. The maximum absolute atomic E-state index is 9.10. The molecule has 0 aliphatic rings. The van der Waals surface area contributed by atoms with Gasteiger partial charge in [-0.1, -0.05) is 38.5 Å². The molecule has 3 heteroatoms. The van der Waals surface area contributed by atoms with Gasteiger partial charge in [0.2, 0.25) is 0 Å². The molecule has 0 aliphatic heterocycles. The first-order valence-corrected chi connectivity index (χ1v) is 8.05. The van der Waals surface area contributed by atoms with Gasteiger partial charge >= 0.3 is 0 Å². The fourth-order valence-electron chi connectivity index (χ4n) is 1.77. The van der Waals surface area contributed by atoms with Crippen molar-refractivity contribution < 1.29 is 5.11 Å². The van der Waals surface area contributed by atoms with Crippen molar-refractivity contribution in [2.24, 2.45) is 11.8 Å². The first-order chi connectivity index (χ1) is 9.02. The molecule has 0 fully saturated rings. The molecule has 0 heterocycles. The van der Waals surface area contributed by atoms with Crippen LogP contribution in [0.15, 0.2) is 23.1 Å². The van der Waals surface area contributed by atoms with Crippen LogP contribution >= 0.6 is 11.8 Å². The lowest BCUT2D eigenvalue weighted by Gasteiger charge is -2.14. The third kappa shape index (κ3) is 6.46. The molecule has 0 spiro atoms. The normalized spacial score (nSPS) is 12.9. The summed E-state index contributed by atoms with van der Waals surface area (Å²) in [5, 5.41) is 12.6. The average molecular weight is 281 g/mol. The van der Waals surface area contributed by atoms with Gasteiger partial charge in [0.25, 0.3) is 0 Å². The van der Waals surface area contributed by atoms with Crippen molar-refractivity contribution in [2.45, 2.75) is 39.1 Å². The van der Waals surface area contributed by atoms with Gasteiger partial charge in [0.1, 0.15) is 0 Å². The lowest BCUT2D eigenvalue weighted by atomic mass is 10.1. The third-order valence-corrected chi connectivity index (χ3v) is 4.36. The smallest absolute Gasteiger partial charge is 0.0464 e. The van der Waals surface area contributed by atoms with E-state index in [2.05, 4.69) is 51.2 Å². The lowest BCUT2D eigenvalue weighted by Crippen LogP contribution is -2.19. The van der Waals surface area contributed by atoms with E-state index >= 15 is 0 Å². The molecule has 0 aromatic heterocycles. The minimum Gasteiger partial charge on any atom is -0.396 e. The molecule has 0 saturated carbocycles. The zero-order valence-electron chi connectivity index (χ0n) is 12.6. The number of hydrogen-bond donors (Lipinski definition) is 2. The minimum atomic E-state index is 0.264. The summed E-state index contributed by atoms with van der Waals surface area (Å²) in [6.07, 6.45) is 0. The second kappa shape index (κ2) is 8.62. The number of hydrogen-bond acceptors (Lipinski definition) is 3. The van der Waals surface area contributed by atoms with Crippen LogP contribution in [0.1, 0.15) is 31.9 Å². The van der Waals surface area contributed by atoms with Crippen LogP contribution in [-0.4, -0.2) is 24.0 Å². The number of thioether (sulfide) groups is 1. The summed E-state index contributed by atoms with van der Waals surface area (Å²) in [4.78, 5) is 1.34. The number of aryl methyl sites for hydroxylation is 1. The van der Waals surface area contributed by atoms with Gasteiger partial charge in [-0.3, -0.25) is 0 Å².